The van der Waals surface area contributed by atoms with Crippen LogP contribution in [0.1, 0.15) is 12.0 Å². The molecule has 0 radical (unpaired) electrons. The molecule has 2 amide bonds. The first-order chi connectivity index (χ1) is 13.0. The minimum absolute atomic E-state index is 0.235. The van der Waals surface area contributed by atoms with Crippen molar-refractivity contribution in [2.75, 3.05) is 31.1 Å². The summed E-state index contributed by atoms with van der Waals surface area (Å²) in [5, 5.41) is 2.66. The number of rotatable bonds is 5. The van der Waals surface area contributed by atoms with Gasteiger partial charge in [0.1, 0.15) is 18.1 Å². The Morgan fingerprint density at radius 3 is 2.26 bits per heavy atom. The lowest BCUT2D eigenvalue weighted by atomic mass is 10.2. The summed E-state index contributed by atoms with van der Waals surface area (Å²) < 4.78 is 26.7. The summed E-state index contributed by atoms with van der Waals surface area (Å²) in [4.78, 5) is 27.8. The molecule has 0 aromatic heterocycles. The SMILES string of the molecule is O=C(CC(=O)N1CCN(c2ccccc2F)CC1)NCc1ccc(F)cc1. The van der Waals surface area contributed by atoms with E-state index in [2.05, 4.69) is 5.32 Å². The molecule has 2 aromatic rings. The molecular formula is C20H21F2N3O2. The molecule has 0 unspecified atom stereocenters. The van der Waals surface area contributed by atoms with Crippen LogP contribution in [0.15, 0.2) is 48.5 Å². The molecule has 1 saturated heterocycles. The highest BCUT2D eigenvalue weighted by molar-refractivity contribution is 5.96. The minimum Gasteiger partial charge on any atom is -0.366 e. The van der Waals surface area contributed by atoms with Gasteiger partial charge in [0.15, 0.2) is 0 Å². The molecule has 0 aliphatic carbocycles. The van der Waals surface area contributed by atoms with Gasteiger partial charge in [0, 0.05) is 32.7 Å². The van der Waals surface area contributed by atoms with Crippen molar-refractivity contribution in [2.24, 2.45) is 0 Å². The topological polar surface area (TPSA) is 52.7 Å². The van der Waals surface area contributed by atoms with Gasteiger partial charge in [-0.2, -0.15) is 0 Å². The largest absolute Gasteiger partial charge is 0.366 e. The molecule has 142 valence electrons. The highest BCUT2D eigenvalue weighted by Gasteiger charge is 2.23. The van der Waals surface area contributed by atoms with Gasteiger partial charge in [-0.1, -0.05) is 24.3 Å². The van der Waals surface area contributed by atoms with Crippen molar-refractivity contribution >= 4 is 17.5 Å². The number of hydrogen-bond donors (Lipinski definition) is 1. The lowest BCUT2D eigenvalue weighted by Crippen LogP contribution is -2.49. The Hall–Kier alpha value is -2.96. The number of nitrogens with zero attached hydrogens (tertiary/aromatic N) is 2. The first-order valence-corrected chi connectivity index (χ1v) is 8.81. The number of amides is 2. The van der Waals surface area contributed by atoms with Crippen LogP contribution in [-0.4, -0.2) is 42.9 Å². The lowest BCUT2D eigenvalue weighted by Gasteiger charge is -2.36. The quantitative estimate of drug-likeness (QED) is 0.819. The van der Waals surface area contributed by atoms with Gasteiger partial charge in [0.2, 0.25) is 11.8 Å². The van der Waals surface area contributed by atoms with E-state index in [0.29, 0.717) is 31.9 Å². The van der Waals surface area contributed by atoms with E-state index in [4.69, 9.17) is 0 Å². The van der Waals surface area contributed by atoms with Gasteiger partial charge in [-0.3, -0.25) is 9.59 Å². The average Bonchev–Trinajstić information content (AvgIpc) is 2.68. The van der Waals surface area contributed by atoms with Gasteiger partial charge in [-0.05, 0) is 29.8 Å². The molecule has 27 heavy (non-hydrogen) atoms. The monoisotopic (exact) mass is 373 g/mol. The molecule has 0 spiro atoms. The molecule has 0 saturated carbocycles. The van der Waals surface area contributed by atoms with Crippen LogP contribution < -0.4 is 10.2 Å². The third-order valence-corrected chi connectivity index (χ3v) is 4.54. The average molecular weight is 373 g/mol. The van der Waals surface area contributed by atoms with Crippen LogP contribution in [-0.2, 0) is 16.1 Å². The molecule has 3 rings (SSSR count). The molecular weight excluding hydrogens is 352 g/mol. The predicted molar refractivity (Wildman–Crippen MR) is 98.1 cm³/mol. The first-order valence-electron chi connectivity index (χ1n) is 8.81. The number of carbonyl (C=O) groups excluding carboxylic acids is 2. The van der Waals surface area contributed by atoms with Crippen LogP contribution in [0, 0.1) is 11.6 Å². The smallest absolute Gasteiger partial charge is 0.232 e. The van der Waals surface area contributed by atoms with Gasteiger partial charge >= 0.3 is 0 Å². The zero-order valence-corrected chi connectivity index (χ0v) is 14.8. The van der Waals surface area contributed by atoms with Crippen molar-refractivity contribution in [1.82, 2.24) is 10.2 Å². The number of hydrogen-bond acceptors (Lipinski definition) is 3. The number of carbonyl (C=O) groups is 2. The molecule has 1 heterocycles. The second kappa shape index (κ2) is 8.62. The van der Waals surface area contributed by atoms with E-state index >= 15 is 0 Å². The van der Waals surface area contributed by atoms with E-state index in [-0.39, 0.29) is 36.4 Å². The van der Waals surface area contributed by atoms with Gasteiger partial charge in [0.05, 0.1) is 5.69 Å². The van der Waals surface area contributed by atoms with Crippen LogP contribution >= 0.6 is 0 Å². The maximum Gasteiger partial charge on any atom is 0.232 e. The summed E-state index contributed by atoms with van der Waals surface area (Å²) in [7, 11) is 0. The number of piperazine rings is 1. The Bertz CT molecular complexity index is 803. The standard InChI is InChI=1S/C20H21F2N3O2/c21-16-7-5-15(6-8-16)14-23-19(26)13-20(27)25-11-9-24(10-12-25)18-4-2-1-3-17(18)22/h1-8H,9-14H2,(H,23,26). The second-order valence-electron chi connectivity index (χ2n) is 6.40. The number of nitrogens with one attached hydrogen (secondary N) is 1. The summed E-state index contributed by atoms with van der Waals surface area (Å²) in [6.45, 7) is 2.16. The molecule has 7 heteroatoms. The maximum absolute atomic E-state index is 13.9. The van der Waals surface area contributed by atoms with Crippen LogP contribution in [0.5, 0.6) is 0 Å². The summed E-state index contributed by atoms with van der Waals surface area (Å²) in [5.41, 5.74) is 1.29. The molecule has 1 aliphatic rings. The fraction of sp³-hybridized carbons (Fsp3) is 0.300. The zero-order chi connectivity index (χ0) is 19.2. The normalized spacial score (nSPS) is 14.1. The third-order valence-electron chi connectivity index (χ3n) is 4.54. The second-order valence-corrected chi connectivity index (χ2v) is 6.40. The molecule has 0 bridgehead atoms. The minimum atomic E-state index is -0.374. The third kappa shape index (κ3) is 5.03. The van der Waals surface area contributed by atoms with Crippen LogP contribution in [0.4, 0.5) is 14.5 Å². The van der Waals surface area contributed by atoms with E-state index in [9.17, 15) is 18.4 Å². The first kappa shape index (κ1) is 18.8. The summed E-state index contributed by atoms with van der Waals surface area (Å²) in [6.07, 6.45) is -0.235. The number of halogens is 2. The van der Waals surface area contributed by atoms with E-state index in [0.717, 1.165) is 5.56 Å². The number of anilines is 1. The summed E-state index contributed by atoms with van der Waals surface area (Å²) in [5.74, 6) is -1.24. The van der Waals surface area contributed by atoms with Gasteiger partial charge in [-0.15, -0.1) is 0 Å². The van der Waals surface area contributed by atoms with E-state index in [1.807, 2.05) is 4.90 Å². The van der Waals surface area contributed by atoms with Crippen molar-refractivity contribution < 1.29 is 18.4 Å². The van der Waals surface area contributed by atoms with Gasteiger partial charge in [0.25, 0.3) is 0 Å². The van der Waals surface area contributed by atoms with Crippen molar-refractivity contribution in [3.05, 3.63) is 65.7 Å². The fourth-order valence-electron chi connectivity index (χ4n) is 3.02. The fourth-order valence-corrected chi connectivity index (χ4v) is 3.02. The predicted octanol–water partition coefficient (Wildman–Crippen LogP) is 2.32. The molecule has 1 aliphatic heterocycles. The summed E-state index contributed by atoms with van der Waals surface area (Å²) in [6, 6.07) is 12.4. The highest BCUT2D eigenvalue weighted by atomic mass is 19.1. The lowest BCUT2D eigenvalue weighted by molar-refractivity contribution is -0.136. The van der Waals surface area contributed by atoms with Crippen molar-refractivity contribution in [3.8, 4) is 0 Å². The van der Waals surface area contributed by atoms with E-state index < -0.39 is 0 Å². The van der Waals surface area contributed by atoms with Crippen molar-refractivity contribution in [3.63, 3.8) is 0 Å². The van der Waals surface area contributed by atoms with Crippen molar-refractivity contribution in [1.29, 1.82) is 0 Å². The van der Waals surface area contributed by atoms with Gasteiger partial charge < -0.3 is 15.1 Å². The molecule has 2 aromatic carbocycles. The van der Waals surface area contributed by atoms with Crippen LogP contribution in [0.3, 0.4) is 0 Å². The van der Waals surface area contributed by atoms with Crippen molar-refractivity contribution in [2.45, 2.75) is 13.0 Å². The molecule has 1 fully saturated rings. The molecule has 5 nitrogen and oxygen atoms in total. The van der Waals surface area contributed by atoms with E-state index in [1.54, 1.807) is 35.2 Å². The Kier molecular flexibility index (Phi) is 6.01. The zero-order valence-electron chi connectivity index (χ0n) is 14.8. The Labute approximate surface area is 156 Å². The highest BCUT2D eigenvalue weighted by Crippen LogP contribution is 2.20. The van der Waals surface area contributed by atoms with E-state index in [1.165, 1.54) is 18.2 Å². The van der Waals surface area contributed by atoms with Crippen LogP contribution in [0.25, 0.3) is 0 Å². The maximum atomic E-state index is 13.9. The molecule has 1 N–H and O–H groups in total. The Morgan fingerprint density at radius 1 is 0.926 bits per heavy atom. The van der Waals surface area contributed by atoms with Crippen LogP contribution in [0.2, 0.25) is 0 Å². The van der Waals surface area contributed by atoms with Gasteiger partial charge in [-0.25, -0.2) is 8.78 Å². The number of para-hydroxylation sites is 1. The summed E-state index contributed by atoms with van der Waals surface area (Å²) >= 11 is 0. The molecule has 0 atom stereocenters. The Balaban J connectivity index is 1.44. The number of benzene rings is 2. The Morgan fingerprint density at radius 2 is 1.59 bits per heavy atom.